The first-order chi connectivity index (χ1) is 9.02. The van der Waals surface area contributed by atoms with Crippen molar-refractivity contribution in [2.75, 3.05) is 0 Å². The van der Waals surface area contributed by atoms with Gasteiger partial charge in [-0.25, -0.2) is 9.18 Å². The molecule has 0 bridgehead atoms. The van der Waals surface area contributed by atoms with Crippen molar-refractivity contribution in [2.24, 2.45) is 0 Å². The number of aromatic nitrogens is 2. The minimum Gasteiger partial charge on any atom is -0.478 e. The van der Waals surface area contributed by atoms with Gasteiger partial charge in [0.05, 0.1) is 11.8 Å². The third kappa shape index (κ3) is 2.65. The van der Waals surface area contributed by atoms with Crippen molar-refractivity contribution in [2.45, 2.75) is 26.8 Å². The van der Waals surface area contributed by atoms with Crippen LogP contribution in [0.25, 0.3) is 11.1 Å². The second kappa shape index (κ2) is 5.22. The molecular weight excluding hydrogens is 247 g/mol. The molecule has 4 nitrogen and oxygen atoms in total. The lowest BCUT2D eigenvalue weighted by Gasteiger charge is -2.06. The maximum absolute atomic E-state index is 13.7. The van der Waals surface area contributed by atoms with Crippen LogP contribution in [0.1, 0.15) is 29.3 Å². The molecular formula is C14H15FN2O2. The number of carboxylic acids is 1. The highest BCUT2D eigenvalue weighted by Gasteiger charge is 2.14. The molecule has 2 aromatic rings. The summed E-state index contributed by atoms with van der Waals surface area (Å²) in [6, 6.07) is 2.61. The van der Waals surface area contributed by atoms with Crippen molar-refractivity contribution in [3.63, 3.8) is 0 Å². The summed E-state index contributed by atoms with van der Waals surface area (Å²) in [4.78, 5) is 10.9. The lowest BCUT2D eigenvalue weighted by atomic mass is 10.0. The number of hydrogen-bond acceptors (Lipinski definition) is 2. The Bertz CT molecular complexity index is 620. The second-order valence-electron chi connectivity index (χ2n) is 4.44. The predicted octanol–water partition coefficient (Wildman–Crippen LogP) is 3.11. The molecule has 0 amide bonds. The number of halogens is 1. The van der Waals surface area contributed by atoms with Crippen LogP contribution in [0.3, 0.4) is 0 Å². The Kier molecular flexibility index (Phi) is 3.64. The predicted molar refractivity (Wildman–Crippen MR) is 69.6 cm³/mol. The fourth-order valence-corrected chi connectivity index (χ4v) is 2.01. The van der Waals surface area contributed by atoms with Crippen LogP contribution < -0.4 is 0 Å². The highest BCUT2D eigenvalue weighted by molar-refractivity contribution is 5.89. The first-order valence-corrected chi connectivity index (χ1v) is 6.09. The van der Waals surface area contributed by atoms with E-state index in [-0.39, 0.29) is 5.56 Å². The van der Waals surface area contributed by atoms with E-state index in [4.69, 9.17) is 5.11 Å². The SMILES string of the molecule is CCCn1cc(-c2cc(F)c(C(=O)O)cc2C)cn1. The number of rotatable bonds is 4. The van der Waals surface area contributed by atoms with Crippen LogP contribution in [-0.2, 0) is 6.54 Å². The van der Waals surface area contributed by atoms with E-state index in [0.717, 1.165) is 24.1 Å². The molecule has 0 atom stereocenters. The van der Waals surface area contributed by atoms with Gasteiger partial charge in [0.2, 0.25) is 0 Å². The van der Waals surface area contributed by atoms with Gasteiger partial charge in [-0.2, -0.15) is 5.10 Å². The Morgan fingerprint density at radius 2 is 2.21 bits per heavy atom. The Hall–Kier alpha value is -2.17. The lowest BCUT2D eigenvalue weighted by molar-refractivity contribution is 0.0692. The molecule has 0 fully saturated rings. The van der Waals surface area contributed by atoms with Crippen molar-refractivity contribution < 1.29 is 14.3 Å². The van der Waals surface area contributed by atoms with Gasteiger partial charge < -0.3 is 5.11 Å². The molecule has 5 heteroatoms. The van der Waals surface area contributed by atoms with Gasteiger partial charge in [0.15, 0.2) is 0 Å². The van der Waals surface area contributed by atoms with E-state index in [0.29, 0.717) is 5.56 Å². The number of nitrogens with zero attached hydrogens (tertiary/aromatic N) is 2. The van der Waals surface area contributed by atoms with Gasteiger partial charge in [0.1, 0.15) is 5.82 Å². The molecule has 1 aromatic carbocycles. The molecule has 0 aliphatic rings. The summed E-state index contributed by atoms with van der Waals surface area (Å²) in [5.74, 6) is -1.98. The Morgan fingerprint density at radius 1 is 1.47 bits per heavy atom. The average Bonchev–Trinajstić information content (AvgIpc) is 2.80. The van der Waals surface area contributed by atoms with Gasteiger partial charge in [-0.15, -0.1) is 0 Å². The Labute approximate surface area is 110 Å². The number of carboxylic acid groups (broad SMARTS) is 1. The zero-order valence-corrected chi connectivity index (χ0v) is 10.9. The van der Waals surface area contributed by atoms with Crippen LogP contribution in [-0.4, -0.2) is 20.9 Å². The fraction of sp³-hybridized carbons (Fsp3) is 0.286. The monoisotopic (exact) mass is 262 g/mol. The van der Waals surface area contributed by atoms with E-state index in [9.17, 15) is 9.18 Å². The minimum atomic E-state index is -1.26. The number of hydrogen-bond donors (Lipinski definition) is 1. The van der Waals surface area contributed by atoms with E-state index in [2.05, 4.69) is 5.10 Å². The Morgan fingerprint density at radius 3 is 2.84 bits per heavy atom. The summed E-state index contributed by atoms with van der Waals surface area (Å²) in [7, 11) is 0. The van der Waals surface area contributed by atoms with Crippen molar-refractivity contribution in [1.29, 1.82) is 0 Å². The Balaban J connectivity index is 2.44. The molecule has 100 valence electrons. The molecule has 0 saturated heterocycles. The van der Waals surface area contributed by atoms with Crippen LogP contribution in [0.4, 0.5) is 4.39 Å². The second-order valence-corrected chi connectivity index (χ2v) is 4.44. The van der Waals surface area contributed by atoms with E-state index in [1.54, 1.807) is 17.8 Å². The van der Waals surface area contributed by atoms with E-state index in [1.165, 1.54) is 12.1 Å². The molecule has 0 aliphatic heterocycles. The molecule has 0 unspecified atom stereocenters. The number of benzene rings is 1. The number of aromatic carboxylic acids is 1. The molecule has 0 saturated carbocycles. The largest absolute Gasteiger partial charge is 0.478 e. The number of carbonyl (C=O) groups is 1. The van der Waals surface area contributed by atoms with E-state index < -0.39 is 11.8 Å². The van der Waals surface area contributed by atoms with Crippen LogP contribution in [0.2, 0.25) is 0 Å². The smallest absolute Gasteiger partial charge is 0.338 e. The summed E-state index contributed by atoms with van der Waals surface area (Å²) >= 11 is 0. The van der Waals surface area contributed by atoms with Gasteiger partial charge in [-0.3, -0.25) is 4.68 Å². The fourth-order valence-electron chi connectivity index (χ4n) is 2.01. The van der Waals surface area contributed by atoms with Crippen molar-refractivity contribution in [1.82, 2.24) is 9.78 Å². The molecule has 0 radical (unpaired) electrons. The quantitative estimate of drug-likeness (QED) is 0.921. The molecule has 19 heavy (non-hydrogen) atoms. The summed E-state index contributed by atoms with van der Waals surface area (Å²) in [6.45, 7) is 4.61. The van der Waals surface area contributed by atoms with E-state index >= 15 is 0 Å². The third-order valence-corrected chi connectivity index (χ3v) is 2.94. The maximum Gasteiger partial charge on any atom is 0.338 e. The minimum absolute atomic E-state index is 0.304. The van der Waals surface area contributed by atoms with Crippen LogP contribution in [0.5, 0.6) is 0 Å². The highest BCUT2D eigenvalue weighted by Crippen LogP contribution is 2.26. The summed E-state index contributed by atoms with van der Waals surface area (Å²) in [5.41, 5.74) is 1.88. The zero-order chi connectivity index (χ0) is 14.0. The van der Waals surface area contributed by atoms with Gasteiger partial charge in [0.25, 0.3) is 0 Å². The molecule has 2 rings (SSSR count). The van der Waals surface area contributed by atoms with Crippen LogP contribution in [0, 0.1) is 12.7 Å². The van der Waals surface area contributed by atoms with Crippen molar-refractivity contribution in [3.8, 4) is 11.1 Å². The number of aryl methyl sites for hydroxylation is 2. The summed E-state index contributed by atoms with van der Waals surface area (Å²) in [5, 5.41) is 13.1. The van der Waals surface area contributed by atoms with Gasteiger partial charge in [0, 0.05) is 18.3 Å². The molecule has 1 aromatic heterocycles. The standard InChI is InChI=1S/C14H15FN2O2/c1-3-4-17-8-10(7-16-17)11-6-13(15)12(14(18)19)5-9(11)2/h5-8H,3-4H2,1-2H3,(H,18,19). The molecule has 0 aliphatic carbocycles. The normalized spacial score (nSPS) is 10.7. The van der Waals surface area contributed by atoms with E-state index in [1.807, 2.05) is 13.1 Å². The average molecular weight is 262 g/mol. The molecule has 0 spiro atoms. The zero-order valence-electron chi connectivity index (χ0n) is 10.9. The topological polar surface area (TPSA) is 55.1 Å². The van der Waals surface area contributed by atoms with Crippen molar-refractivity contribution in [3.05, 3.63) is 41.5 Å². The lowest BCUT2D eigenvalue weighted by Crippen LogP contribution is -2.02. The van der Waals surface area contributed by atoms with Crippen molar-refractivity contribution >= 4 is 5.97 Å². The van der Waals surface area contributed by atoms with Gasteiger partial charge >= 0.3 is 5.97 Å². The van der Waals surface area contributed by atoms with Crippen LogP contribution >= 0.6 is 0 Å². The first kappa shape index (κ1) is 13.3. The summed E-state index contributed by atoms with van der Waals surface area (Å²) < 4.78 is 15.5. The third-order valence-electron chi connectivity index (χ3n) is 2.94. The maximum atomic E-state index is 13.7. The van der Waals surface area contributed by atoms with Gasteiger partial charge in [-0.1, -0.05) is 6.92 Å². The highest BCUT2D eigenvalue weighted by atomic mass is 19.1. The summed E-state index contributed by atoms with van der Waals surface area (Å²) in [6.07, 6.45) is 4.47. The van der Waals surface area contributed by atoms with Crippen LogP contribution in [0.15, 0.2) is 24.5 Å². The molecule has 1 heterocycles. The van der Waals surface area contributed by atoms with Gasteiger partial charge in [-0.05, 0) is 36.6 Å². The molecule has 1 N–H and O–H groups in total. The first-order valence-electron chi connectivity index (χ1n) is 6.09.